The number of amides is 3. The van der Waals surface area contributed by atoms with Gasteiger partial charge in [0.15, 0.2) is 0 Å². The predicted octanol–water partition coefficient (Wildman–Crippen LogP) is 2.02. The van der Waals surface area contributed by atoms with Crippen LogP contribution in [-0.2, 0) is 9.59 Å². The molecule has 1 aliphatic heterocycles. The molecule has 26 heavy (non-hydrogen) atoms. The molecule has 8 nitrogen and oxygen atoms in total. The van der Waals surface area contributed by atoms with Crippen LogP contribution < -0.4 is 5.43 Å². The third-order valence-corrected chi connectivity index (χ3v) is 8.75. The summed E-state index contributed by atoms with van der Waals surface area (Å²) >= 11 is 7.20. The Morgan fingerprint density at radius 1 is 1.08 bits per heavy atom. The van der Waals surface area contributed by atoms with Crippen LogP contribution in [0.3, 0.4) is 0 Å². The van der Waals surface area contributed by atoms with Gasteiger partial charge in [-0.1, -0.05) is 31.9 Å². The molecular formula is C16H13Br2N3O5. The van der Waals surface area contributed by atoms with Crippen molar-refractivity contribution in [2.24, 2.45) is 23.7 Å². The summed E-state index contributed by atoms with van der Waals surface area (Å²) in [5, 5.41) is 11.5. The zero-order valence-electron chi connectivity index (χ0n) is 13.2. The van der Waals surface area contributed by atoms with Gasteiger partial charge in [0.25, 0.3) is 23.4 Å². The Bertz CT molecular complexity index is 798. The molecule has 1 saturated heterocycles. The highest BCUT2D eigenvalue weighted by Crippen LogP contribution is 2.59. The number of alkyl halides is 2. The van der Waals surface area contributed by atoms with Gasteiger partial charge >= 0.3 is 0 Å². The average molecular weight is 487 g/mol. The molecule has 136 valence electrons. The molecule has 3 aliphatic rings. The summed E-state index contributed by atoms with van der Waals surface area (Å²) < 4.78 is 0. The maximum atomic E-state index is 12.7. The van der Waals surface area contributed by atoms with Gasteiger partial charge in [0.05, 0.1) is 16.8 Å². The lowest BCUT2D eigenvalue weighted by molar-refractivity contribution is -0.384. The number of nitro benzene ring substituents is 1. The van der Waals surface area contributed by atoms with Crippen LogP contribution in [0.5, 0.6) is 0 Å². The minimum atomic E-state index is -0.653. The van der Waals surface area contributed by atoms with Gasteiger partial charge in [0.1, 0.15) is 0 Å². The third-order valence-electron chi connectivity index (χ3n) is 5.54. The lowest BCUT2D eigenvalue weighted by Gasteiger charge is -2.28. The summed E-state index contributed by atoms with van der Waals surface area (Å²) in [4.78, 5) is 48.1. The molecule has 1 N–H and O–H groups in total. The number of nitrogens with one attached hydrogen (secondary N) is 1. The van der Waals surface area contributed by atoms with Gasteiger partial charge in [-0.15, -0.1) is 0 Å². The summed E-state index contributed by atoms with van der Waals surface area (Å²) in [5.74, 6) is -2.12. The van der Waals surface area contributed by atoms with Crippen LogP contribution in [0.2, 0.25) is 0 Å². The normalized spacial score (nSPS) is 34.9. The molecule has 6 atom stereocenters. The van der Waals surface area contributed by atoms with E-state index in [1.807, 2.05) is 0 Å². The molecule has 2 saturated carbocycles. The van der Waals surface area contributed by atoms with Gasteiger partial charge in [0, 0.05) is 27.4 Å². The number of fused-ring (bicyclic) bond motifs is 5. The predicted molar refractivity (Wildman–Crippen MR) is 96.4 cm³/mol. The van der Waals surface area contributed by atoms with Gasteiger partial charge in [-0.2, -0.15) is 5.01 Å². The molecule has 10 heteroatoms. The number of hydrazine groups is 1. The van der Waals surface area contributed by atoms with Crippen molar-refractivity contribution in [3.63, 3.8) is 0 Å². The molecule has 3 amide bonds. The number of imide groups is 1. The second-order valence-corrected chi connectivity index (χ2v) is 8.88. The highest BCUT2D eigenvalue weighted by molar-refractivity contribution is 9.12. The summed E-state index contributed by atoms with van der Waals surface area (Å²) in [5.41, 5.74) is 2.35. The van der Waals surface area contributed by atoms with Crippen LogP contribution in [0, 0.1) is 33.8 Å². The first-order chi connectivity index (χ1) is 12.3. The topological polar surface area (TPSA) is 110 Å². The first kappa shape index (κ1) is 17.6. The minimum Gasteiger partial charge on any atom is -0.272 e. The number of rotatable bonds is 3. The van der Waals surface area contributed by atoms with Crippen LogP contribution in [0.1, 0.15) is 16.8 Å². The molecule has 0 spiro atoms. The smallest absolute Gasteiger partial charge is 0.270 e. The molecule has 2 aliphatic carbocycles. The summed E-state index contributed by atoms with van der Waals surface area (Å²) in [6, 6.07) is 4.96. The Morgan fingerprint density at radius 2 is 1.58 bits per heavy atom. The number of carbonyl (C=O) groups is 3. The molecule has 4 rings (SSSR count). The number of hydrogen-bond donors (Lipinski definition) is 1. The molecule has 0 aromatic heterocycles. The molecule has 1 heterocycles. The molecule has 1 aromatic rings. The van der Waals surface area contributed by atoms with Crippen molar-refractivity contribution >= 4 is 55.3 Å². The van der Waals surface area contributed by atoms with Crippen molar-refractivity contribution in [1.29, 1.82) is 0 Å². The van der Waals surface area contributed by atoms with Gasteiger partial charge in [-0.25, -0.2) is 0 Å². The van der Waals surface area contributed by atoms with E-state index in [4.69, 9.17) is 0 Å². The van der Waals surface area contributed by atoms with E-state index in [2.05, 4.69) is 37.3 Å². The Labute approximate surface area is 164 Å². The lowest BCUT2D eigenvalue weighted by atomic mass is 9.81. The Hall–Kier alpha value is -1.81. The second kappa shape index (κ2) is 6.12. The maximum Gasteiger partial charge on any atom is 0.270 e. The molecule has 2 bridgehead atoms. The highest BCUT2D eigenvalue weighted by atomic mass is 79.9. The van der Waals surface area contributed by atoms with Crippen LogP contribution in [0.4, 0.5) is 5.69 Å². The molecule has 0 radical (unpaired) electrons. The quantitative estimate of drug-likeness (QED) is 0.304. The number of carbonyl (C=O) groups excluding carboxylic acids is 3. The highest BCUT2D eigenvalue weighted by Gasteiger charge is 2.66. The van der Waals surface area contributed by atoms with Gasteiger partial charge in [-0.3, -0.25) is 29.9 Å². The number of halogens is 2. The van der Waals surface area contributed by atoms with Gasteiger partial charge in [0.2, 0.25) is 0 Å². The van der Waals surface area contributed by atoms with Crippen molar-refractivity contribution in [2.45, 2.75) is 16.1 Å². The fourth-order valence-electron chi connectivity index (χ4n) is 4.36. The summed E-state index contributed by atoms with van der Waals surface area (Å²) in [7, 11) is 0. The zero-order chi connectivity index (χ0) is 18.7. The maximum absolute atomic E-state index is 12.7. The Balaban J connectivity index is 1.52. The average Bonchev–Trinajstić information content (AvgIpc) is 3.22. The van der Waals surface area contributed by atoms with E-state index in [1.54, 1.807) is 0 Å². The van der Waals surface area contributed by atoms with Crippen LogP contribution in [0.25, 0.3) is 0 Å². The molecular weight excluding hydrogens is 474 g/mol. The van der Waals surface area contributed by atoms with E-state index in [1.165, 1.54) is 24.3 Å². The largest absolute Gasteiger partial charge is 0.272 e. The van der Waals surface area contributed by atoms with E-state index >= 15 is 0 Å². The van der Waals surface area contributed by atoms with E-state index < -0.39 is 22.7 Å². The lowest BCUT2D eigenvalue weighted by Crippen LogP contribution is -2.47. The van der Waals surface area contributed by atoms with Crippen molar-refractivity contribution < 1.29 is 19.3 Å². The van der Waals surface area contributed by atoms with Crippen molar-refractivity contribution in [2.75, 3.05) is 0 Å². The second-order valence-electron chi connectivity index (χ2n) is 6.76. The number of hydrogen-bond acceptors (Lipinski definition) is 5. The van der Waals surface area contributed by atoms with E-state index in [9.17, 15) is 24.5 Å². The van der Waals surface area contributed by atoms with Gasteiger partial charge < -0.3 is 0 Å². The van der Waals surface area contributed by atoms with Crippen molar-refractivity contribution in [3.8, 4) is 0 Å². The van der Waals surface area contributed by atoms with Crippen LogP contribution >= 0.6 is 31.9 Å². The Kier molecular flexibility index (Phi) is 4.14. The first-order valence-corrected chi connectivity index (χ1v) is 9.85. The summed E-state index contributed by atoms with van der Waals surface area (Å²) in [6.07, 6.45) is 0.808. The third kappa shape index (κ3) is 2.42. The fourth-order valence-corrected chi connectivity index (χ4v) is 6.23. The number of nitro groups is 1. The Morgan fingerprint density at radius 3 is 2.04 bits per heavy atom. The fraction of sp³-hybridized carbons (Fsp3) is 0.438. The number of benzene rings is 1. The van der Waals surface area contributed by atoms with Crippen molar-refractivity contribution in [1.82, 2.24) is 10.4 Å². The first-order valence-electron chi connectivity index (χ1n) is 8.02. The van der Waals surface area contributed by atoms with Crippen molar-refractivity contribution in [3.05, 3.63) is 39.9 Å². The SMILES string of the molecule is O=C(NN1C(=O)[C@@H]2[C@H]3C[C@@H]([C@@H](Br)[C@H]3Br)[C@H]2C1=O)c1ccc([N+](=O)[O-])cc1. The zero-order valence-corrected chi connectivity index (χ0v) is 16.3. The van der Waals surface area contributed by atoms with Crippen LogP contribution in [-0.4, -0.2) is 37.3 Å². The number of nitrogens with zero attached hydrogens (tertiary/aromatic N) is 2. The van der Waals surface area contributed by atoms with E-state index in [0.29, 0.717) is 0 Å². The van der Waals surface area contributed by atoms with E-state index in [0.717, 1.165) is 11.4 Å². The summed E-state index contributed by atoms with van der Waals surface area (Å²) in [6.45, 7) is 0. The molecule has 0 unspecified atom stereocenters. The standard InChI is InChI=1S/C16H13Br2N3O5/c17-12-8-5-9(13(12)18)11-10(8)15(23)20(16(11)24)19-14(22)6-1-3-7(4-2-6)21(25)26/h1-4,8-13H,5H2,(H,19,22)/t8-,9-,10-,11-,12-,13+/m1/s1. The molecule has 3 fully saturated rings. The minimum absolute atomic E-state index is 0.0621. The van der Waals surface area contributed by atoms with Crippen LogP contribution in [0.15, 0.2) is 24.3 Å². The molecule has 1 aromatic carbocycles. The monoisotopic (exact) mass is 485 g/mol. The van der Waals surface area contributed by atoms with E-state index in [-0.39, 0.29) is 44.6 Å². The van der Waals surface area contributed by atoms with Gasteiger partial charge in [-0.05, 0) is 30.4 Å². The number of non-ortho nitro benzene ring substituents is 1.